The van der Waals surface area contributed by atoms with Crippen molar-refractivity contribution in [1.82, 2.24) is 10.2 Å². The van der Waals surface area contributed by atoms with Crippen molar-refractivity contribution in [3.8, 4) is 0 Å². The molecule has 0 spiro atoms. The second kappa shape index (κ2) is 5.53. The SMILES string of the molecule is CC1(C)CN(C(=O)Cc2ccccc2)CCCN1. The van der Waals surface area contributed by atoms with E-state index >= 15 is 0 Å². The summed E-state index contributed by atoms with van der Waals surface area (Å²) < 4.78 is 0. The van der Waals surface area contributed by atoms with Crippen LogP contribution in [0.1, 0.15) is 25.8 Å². The van der Waals surface area contributed by atoms with Crippen LogP contribution in [-0.4, -0.2) is 36.0 Å². The highest BCUT2D eigenvalue weighted by molar-refractivity contribution is 5.78. The molecule has 1 aromatic carbocycles. The summed E-state index contributed by atoms with van der Waals surface area (Å²) in [5.74, 6) is 0.234. The van der Waals surface area contributed by atoms with E-state index in [1.54, 1.807) is 0 Å². The Hall–Kier alpha value is -1.35. The quantitative estimate of drug-likeness (QED) is 0.863. The molecule has 1 aliphatic heterocycles. The molecule has 0 radical (unpaired) electrons. The molecule has 3 heteroatoms. The van der Waals surface area contributed by atoms with Gasteiger partial charge in [0.2, 0.25) is 5.91 Å². The number of hydrogen-bond acceptors (Lipinski definition) is 2. The van der Waals surface area contributed by atoms with Crippen LogP contribution in [0.5, 0.6) is 0 Å². The van der Waals surface area contributed by atoms with Gasteiger partial charge in [-0.2, -0.15) is 0 Å². The van der Waals surface area contributed by atoms with Crippen molar-refractivity contribution in [2.75, 3.05) is 19.6 Å². The predicted molar refractivity (Wildman–Crippen MR) is 73.4 cm³/mol. The first-order chi connectivity index (χ1) is 8.57. The Morgan fingerprint density at radius 3 is 2.78 bits per heavy atom. The van der Waals surface area contributed by atoms with Crippen molar-refractivity contribution in [2.24, 2.45) is 0 Å². The van der Waals surface area contributed by atoms with Crippen LogP contribution in [0, 0.1) is 0 Å². The fourth-order valence-corrected chi connectivity index (χ4v) is 2.40. The Balaban J connectivity index is 2.00. The zero-order chi connectivity index (χ0) is 13.0. The van der Waals surface area contributed by atoms with Crippen LogP contribution in [0.25, 0.3) is 0 Å². The second-order valence-electron chi connectivity index (χ2n) is 5.64. The lowest BCUT2D eigenvalue weighted by Crippen LogP contribution is -2.48. The third kappa shape index (κ3) is 3.57. The molecular weight excluding hydrogens is 224 g/mol. The van der Waals surface area contributed by atoms with Gasteiger partial charge in [-0.25, -0.2) is 0 Å². The third-order valence-electron chi connectivity index (χ3n) is 3.35. The van der Waals surface area contributed by atoms with Gasteiger partial charge in [-0.3, -0.25) is 4.79 Å². The van der Waals surface area contributed by atoms with E-state index in [0.717, 1.165) is 31.6 Å². The molecule has 0 saturated carbocycles. The molecule has 1 aromatic rings. The van der Waals surface area contributed by atoms with Crippen molar-refractivity contribution in [3.63, 3.8) is 0 Å². The Morgan fingerprint density at radius 1 is 1.33 bits per heavy atom. The molecule has 0 aromatic heterocycles. The lowest BCUT2D eigenvalue weighted by Gasteiger charge is -2.30. The van der Waals surface area contributed by atoms with Crippen molar-refractivity contribution in [3.05, 3.63) is 35.9 Å². The summed E-state index contributed by atoms with van der Waals surface area (Å²) in [5, 5.41) is 3.48. The summed E-state index contributed by atoms with van der Waals surface area (Å²) in [6.07, 6.45) is 1.54. The summed E-state index contributed by atoms with van der Waals surface area (Å²) in [6.45, 7) is 6.95. The van der Waals surface area contributed by atoms with Crippen LogP contribution in [0.2, 0.25) is 0 Å². The van der Waals surface area contributed by atoms with E-state index in [1.165, 1.54) is 0 Å². The van der Waals surface area contributed by atoms with E-state index in [-0.39, 0.29) is 11.4 Å². The monoisotopic (exact) mass is 246 g/mol. The zero-order valence-corrected chi connectivity index (χ0v) is 11.3. The molecule has 18 heavy (non-hydrogen) atoms. The minimum Gasteiger partial charge on any atom is -0.341 e. The summed E-state index contributed by atoms with van der Waals surface area (Å²) in [4.78, 5) is 14.3. The lowest BCUT2D eigenvalue weighted by molar-refractivity contribution is -0.131. The Labute approximate surface area is 109 Å². The molecule has 2 rings (SSSR count). The van der Waals surface area contributed by atoms with Gasteiger partial charge in [-0.1, -0.05) is 30.3 Å². The van der Waals surface area contributed by atoms with Crippen LogP contribution >= 0.6 is 0 Å². The van der Waals surface area contributed by atoms with Gasteiger partial charge < -0.3 is 10.2 Å². The van der Waals surface area contributed by atoms with Crippen molar-refractivity contribution < 1.29 is 4.79 Å². The molecule has 98 valence electrons. The Kier molecular flexibility index (Phi) is 4.02. The average Bonchev–Trinajstić information content (AvgIpc) is 2.51. The number of rotatable bonds is 2. The lowest BCUT2D eigenvalue weighted by atomic mass is 10.0. The first-order valence-corrected chi connectivity index (χ1v) is 6.64. The highest BCUT2D eigenvalue weighted by Crippen LogP contribution is 2.12. The van der Waals surface area contributed by atoms with Gasteiger partial charge in [0.1, 0.15) is 0 Å². The molecule has 1 heterocycles. The van der Waals surface area contributed by atoms with Gasteiger partial charge >= 0.3 is 0 Å². The molecular formula is C15H22N2O. The molecule has 1 saturated heterocycles. The zero-order valence-electron chi connectivity index (χ0n) is 11.3. The summed E-state index contributed by atoms with van der Waals surface area (Å²) in [5.41, 5.74) is 1.11. The van der Waals surface area contributed by atoms with Gasteiger partial charge in [0, 0.05) is 18.6 Å². The van der Waals surface area contributed by atoms with E-state index in [0.29, 0.717) is 6.42 Å². The number of amides is 1. The van der Waals surface area contributed by atoms with Gasteiger partial charge in [0.25, 0.3) is 0 Å². The van der Waals surface area contributed by atoms with E-state index in [9.17, 15) is 4.79 Å². The minimum absolute atomic E-state index is 0.0167. The first-order valence-electron chi connectivity index (χ1n) is 6.64. The highest BCUT2D eigenvalue weighted by atomic mass is 16.2. The molecule has 0 atom stereocenters. The molecule has 1 fully saturated rings. The fourth-order valence-electron chi connectivity index (χ4n) is 2.40. The Bertz CT molecular complexity index is 400. The number of nitrogens with one attached hydrogen (secondary N) is 1. The smallest absolute Gasteiger partial charge is 0.227 e. The van der Waals surface area contributed by atoms with Crippen molar-refractivity contribution in [1.29, 1.82) is 0 Å². The molecule has 3 nitrogen and oxygen atoms in total. The maximum atomic E-state index is 12.3. The standard InChI is InChI=1S/C15H22N2O/c1-15(2)12-17(10-6-9-16-15)14(18)11-13-7-4-3-5-8-13/h3-5,7-8,16H,6,9-12H2,1-2H3. The van der Waals surface area contributed by atoms with Crippen LogP contribution in [0.15, 0.2) is 30.3 Å². The minimum atomic E-state index is 0.0167. The maximum Gasteiger partial charge on any atom is 0.227 e. The topological polar surface area (TPSA) is 32.3 Å². The predicted octanol–water partition coefficient (Wildman–Crippen LogP) is 1.83. The molecule has 1 amide bonds. The third-order valence-corrected chi connectivity index (χ3v) is 3.35. The van der Waals surface area contributed by atoms with Crippen LogP contribution in [0.3, 0.4) is 0 Å². The highest BCUT2D eigenvalue weighted by Gasteiger charge is 2.26. The van der Waals surface area contributed by atoms with Gasteiger partial charge in [-0.05, 0) is 32.4 Å². The van der Waals surface area contributed by atoms with Crippen LogP contribution in [0.4, 0.5) is 0 Å². The van der Waals surface area contributed by atoms with E-state index in [1.807, 2.05) is 35.2 Å². The van der Waals surface area contributed by atoms with Gasteiger partial charge in [-0.15, -0.1) is 0 Å². The van der Waals surface area contributed by atoms with Crippen molar-refractivity contribution >= 4 is 5.91 Å². The molecule has 0 unspecified atom stereocenters. The Morgan fingerprint density at radius 2 is 2.06 bits per heavy atom. The number of benzene rings is 1. The largest absolute Gasteiger partial charge is 0.341 e. The van der Waals surface area contributed by atoms with E-state index in [4.69, 9.17) is 0 Å². The number of nitrogens with zero attached hydrogens (tertiary/aromatic N) is 1. The van der Waals surface area contributed by atoms with Crippen LogP contribution in [-0.2, 0) is 11.2 Å². The summed E-state index contributed by atoms with van der Waals surface area (Å²) >= 11 is 0. The molecule has 0 aliphatic carbocycles. The number of hydrogen-bond donors (Lipinski definition) is 1. The fraction of sp³-hybridized carbons (Fsp3) is 0.533. The second-order valence-corrected chi connectivity index (χ2v) is 5.64. The summed E-state index contributed by atoms with van der Waals surface area (Å²) in [6, 6.07) is 9.97. The number of carbonyl (C=O) groups is 1. The van der Waals surface area contributed by atoms with Crippen LogP contribution < -0.4 is 5.32 Å². The molecule has 1 aliphatic rings. The normalized spacial score (nSPS) is 19.3. The van der Waals surface area contributed by atoms with Crippen molar-refractivity contribution in [2.45, 2.75) is 32.2 Å². The first kappa shape index (κ1) is 13.1. The average molecular weight is 246 g/mol. The van der Waals surface area contributed by atoms with E-state index < -0.39 is 0 Å². The van der Waals surface area contributed by atoms with E-state index in [2.05, 4.69) is 19.2 Å². The number of carbonyl (C=O) groups excluding carboxylic acids is 1. The summed E-state index contributed by atoms with van der Waals surface area (Å²) in [7, 11) is 0. The maximum absolute atomic E-state index is 12.3. The van der Waals surface area contributed by atoms with Gasteiger partial charge in [0.05, 0.1) is 6.42 Å². The molecule has 0 bridgehead atoms. The van der Waals surface area contributed by atoms with Gasteiger partial charge in [0.15, 0.2) is 0 Å². The molecule has 1 N–H and O–H groups in total.